The lowest BCUT2D eigenvalue weighted by Crippen LogP contribution is -2.59. The predicted molar refractivity (Wildman–Crippen MR) is 108 cm³/mol. The van der Waals surface area contributed by atoms with Gasteiger partial charge in [-0.25, -0.2) is 0 Å². The molecule has 1 aromatic rings. The van der Waals surface area contributed by atoms with Gasteiger partial charge in [0, 0.05) is 30.6 Å². The first-order chi connectivity index (χ1) is 14.7. The summed E-state index contributed by atoms with van der Waals surface area (Å²) in [5, 5.41) is 3.72. The standard InChI is InChI=1S/C19H23N3O8S/c1-10(23)27-9-15-17(28-11(2)24)16(21-22-20)18(29-12(3)25)19(30-15)31-14-7-5-13(26-4)6-8-14/h5-8,15-19H,9H2,1-4H3/t15?,16-,17-,18?,19+/m0/s1. The topological polar surface area (TPSA) is 146 Å². The van der Waals surface area contributed by atoms with Crippen molar-refractivity contribution >= 4 is 29.7 Å². The molecule has 1 heterocycles. The summed E-state index contributed by atoms with van der Waals surface area (Å²) < 4.78 is 26.9. The van der Waals surface area contributed by atoms with Crippen molar-refractivity contribution < 1.29 is 38.1 Å². The second-order valence-electron chi connectivity index (χ2n) is 6.48. The Kier molecular flexibility index (Phi) is 8.98. The number of hydrogen-bond acceptors (Lipinski definition) is 10. The Morgan fingerprint density at radius 3 is 2.19 bits per heavy atom. The first-order valence-corrected chi connectivity index (χ1v) is 10.1. The molecule has 0 amide bonds. The van der Waals surface area contributed by atoms with Gasteiger partial charge in [0.05, 0.1) is 7.11 Å². The van der Waals surface area contributed by atoms with Gasteiger partial charge in [-0.3, -0.25) is 14.4 Å². The van der Waals surface area contributed by atoms with Crippen LogP contribution in [0.3, 0.4) is 0 Å². The van der Waals surface area contributed by atoms with E-state index in [1.807, 2.05) is 0 Å². The molecule has 1 aromatic carbocycles. The Morgan fingerprint density at radius 2 is 1.68 bits per heavy atom. The Labute approximate surface area is 182 Å². The van der Waals surface area contributed by atoms with Crippen molar-refractivity contribution in [1.82, 2.24) is 0 Å². The fourth-order valence-electron chi connectivity index (χ4n) is 2.96. The third-order valence-corrected chi connectivity index (χ3v) is 5.32. The van der Waals surface area contributed by atoms with E-state index in [2.05, 4.69) is 10.0 Å². The Bertz CT molecular complexity index is 843. The van der Waals surface area contributed by atoms with Crippen molar-refractivity contribution in [3.63, 3.8) is 0 Å². The number of azide groups is 1. The third kappa shape index (κ3) is 7.06. The number of benzene rings is 1. The Balaban J connectivity index is 2.40. The Hall–Kier alpha value is -2.95. The summed E-state index contributed by atoms with van der Waals surface area (Å²) >= 11 is 1.20. The number of rotatable bonds is 8. The molecule has 31 heavy (non-hydrogen) atoms. The van der Waals surface area contributed by atoms with Crippen LogP contribution in [-0.4, -0.2) is 61.4 Å². The van der Waals surface area contributed by atoms with Crippen molar-refractivity contribution in [2.24, 2.45) is 5.11 Å². The maximum absolute atomic E-state index is 11.8. The van der Waals surface area contributed by atoms with Crippen molar-refractivity contribution in [3.05, 3.63) is 34.7 Å². The molecule has 1 aliphatic rings. The average Bonchev–Trinajstić information content (AvgIpc) is 2.70. The summed E-state index contributed by atoms with van der Waals surface area (Å²) in [5.41, 5.74) is 8.24. The number of nitrogens with zero attached hydrogens (tertiary/aromatic N) is 3. The SMILES string of the molecule is COc1ccc(S[C@H]2OC(COC(C)=O)[C@H](OC(C)=O)[C@H](N=[N+]=[N-])C2OC(C)=O)cc1. The van der Waals surface area contributed by atoms with Gasteiger partial charge in [0.15, 0.2) is 0 Å². The molecular weight excluding hydrogens is 430 g/mol. The van der Waals surface area contributed by atoms with E-state index in [4.69, 9.17) is 29.2 Å². The maximum atomic E-state index is 11.8. The number of hydrogen-bond donors (Lipinski definition) is 0. The van der Waals surface area contributed by atoms with Gasteiger partial charge in [0.25, 0.3) is 0 Å². The molecule has 5 atom stereocenters. The molecule has 2 unspecified atom stereocenters. The highest BCUT2D eigenvalue weighted by molar-refractivity contribution is 7.99. The molecule has 0 aromatic heterocycles. The number of carbonyl (C=O) groups is 3. The first-order valence-electron chi connectivity index (χ1n) is 9.23. The first kappa shape index (κ1) is 24.3. The van der Waals surface area contributed by atoms with Crippen LogP contribution in [0.15, 0.2) is 34.3 Å². The van der Waals surface area contributed by atoms with E-state index in [9.17, 15) is 14.4 Å². The molecule has 1 saturated heterocycles. The maximum Gasteiger partial charge on any atom is 0.303 e. The van der Waals surface area contributed by atoms with E-state index >= 15 is 0 Å². The van der Waals surface area contributed by atoms with Crippen LogP contribution in [0.25, 0.3) is 10.4 Å². The highest BCUT2D eigenvalue weighted by atomic mass is 32.2. The number of carbonyl (C=O) groups excluding carboxylic acids is 3. The number of thioether (sulfide) groups is 1. The van der Waals surface area contributed by atoms with Crippen LogP contribution in [0.2, 0.25) is 0 Å². The van der Waals surface area contributed by atoms with Gasteiger partial charge in [0.1, 0.15) is 42.1 Å². The minimum Gasteiger partial charge on any atom is -0.497 e. The van der Waals surface area contributed by atoms with Crippen LogP contribution in [0.4, 0.5) is 0 Å². The van der Waals surface area contributed by atoms with Crippen LogP contribution < -0.4 is 4.74 Å². The number of esters is 3. The van der Waals surface area contributed by atoms with Crippen LogP contribution in [0.1, 0.15) is 20.8 Å². The molecular formula is C19H23N3O8S. The van der Waals surface area contributed by atoms with E-state index in [0.717, 1.165) is 4.90 Å². The van der Waals surface area contributed by atoms with Gasteiger partial charge in [0.2, 0.25) is 0 Å². The largest absolute Gasteiger partial charge is 0.497 e. The van der Waals surface area contributed by atoms with Crippen molar-refractivity contribution in [3.8, 4) is 5.75 Å². The highest BCUT2D eigenvalue weighted by Crippen LogP contribution is 2.38. The number of methoxy groups -OCH3 is 1. The molecule has 0 saturated carbocycles. The third-order valence-electron chi connectivity index (χ3n) is 4.17. The van der Waals surface area contributed by atoms with Crippen molar-refractivity contribution in [1.29, 1.82) is 0 Å². The minimum atomic E-state index is -1.13. The van der Waals surface area contributed by atoms with Crippen LogP contribution >= 0.6 is 11.8 Å². The molecule has 1 aliphatic heterocycles. The van der Waals surface area contributed by atoms with E-state index in [-0.39, 0.29) is 6.61 Å². The fourth-order valence-corrected chi connectivity index (χ4v) is 4.07. The molecule has 11 nitrogen and oxygen atoms in total. The second-order valence-corrected chi connectivity index (χ2v) is 7.65. The van der Waals surface area contributed by atoms with Gasteiger partial charge < -0.3 is 23.7 Å². The molecule has 1 fully saturated rings. The summed E-state index contributed by atoms with van der Waals surface area (Å²) in [5.74, 6) is -1.21. The lowest BCUT2D eigenvalue weighted by Gasteiger charge is -2.43. The van der Waals surface area contributed by atoms with Gasteiger partial charge in [-0.15, -0.1) is 0 Å². The van der Waals surface area contributed by atoms with Gasteiger partial charge in [-0.2, -0.15) is 0 Å². The zero-order chi connectivity index (χ0) is 23.0. The summed E-state index contributed by atoms with van der Waals surface area (Å²) in [6.07, 6.45) is -3.16. The van der Waals surface area contributed by atoms with E-state index < -0.39 is 47.7 Å². The predicted octanol–water partition coefficient (Wildman–Crippen LogP) is 2.62. The molecule has 0 radical (unpaired) electrons. The zero-order valence-electron chi connectivity index (χ0n) is 17.4. The fraction of sp³-hybridized carbons (Fsp3) is 0.526. The van der Waals surface area contributed by atoms with E-state index in [0.29, 0.717) is 5.75 Å². The number of ether oxygens (including phenoxy) is 5. The minimum absolute atomic E-state index is 0.253. The summed E-state index contributed by atoms with van der Waals surface area (Å²) in [4.78, 5) is 38.3. The average molecular weight is 453 g/mol. The second kappa shape index (κ2) is 11.4. The van der Waals surface area contributed by atoms with Crippen LogP contribution in [0.5, 0.6) is 5.75 Å². The van der Waals surface area contributed by atoms with E-state index in [1.165, 1.54) is 32.5 Å². The molecule has 168 valence electrons. The summed E-state index contributed by atoms with van der Waals surface area (Å²) in [6.45, 7) is 3.35. The van der Waals surface area contributed by atoms with Crippen LogP contribution in [-0.2, 0) is 33.3 Å². The lowest BCUT2D eigenvalue weighted by atomic mass is 9.97. The monoisotopic (exact) mass is 453 g/mol. The normalized spacial score (nSPS) is 25.0. The zero-order valence-corrected chi connectivity index (χ0v) is 18.2. The molecule has 12 heteroatoms. The van der Waals surface area contributed by atoms with Gasteiger partial charge >= 0.3 is 17.9 Å². The molecule has 2 rings (SSSR count). The lowest BCUT2D eigenvalue weighted by molar-refractivity contribution is -0.201. The van der Waals surface area contributed by atoms with Crippen molar-refractivity contribution in [2.75, 3.05) is 13.7 Å². The van der Waals surface area contributed by atoms with Gasteiger partial charge in [-0.05, 0) is 29.8 Å². The highest BCUT2D eigenvalue weighted by Gasteiger charge is 2.50. The van der Waals surface area contributed by atoms with Crippen LogP contribution in [0, 0.1) is 0 Å². The molecule has 0 spiro atoms. The van der Waals surface area contributed by atoms with E-state index in [1.54, 1.807) is 31.4 Å². The quantitative estimate of drug-likeness (QED) is 0.190. The molecule has 0 bridgehead atoms. The van der Waals surface area contributed by atoms with Crippen molar-refractivity contribution in [2.45, 2.75) is 55.5 Å². The van der Waals surface area contributed by atoms with Gasteiger partial charge in [-0.1, -0.05) is 16.9 Å². The summed E-state index contributed by atoms with van der Waals surface area (Å²) in [7, 11) is 1.54. The Morgan fingerprint density at radius 1 is 1.06 bits per heavy atom. The molecule has 0 aliphatic carbocycles. The summed E-state index contributed by atoms with van der Waals surface area (Å²) in [6, 6.07) is 5.94. The molecule has 0 N–H and O–H groups in total. The smallest absolute Gasteiger partial charge is 0.303 e.